The van der Waals surface area contributed by atoms with Crippen molar-refractivity contribution in [2.75, 3.05) is 44.7 Å². The van der Waals surface area contributed by atoms with Gasteiger partial charge in [0.05, 0.1) is 6.61 Å². The van der Waals surface area contributed by atoms with Gasteiger partial charge >= 0.3 is 5.97 Å². The van der Waals surface area contributed by atoms with E-state index in [-0.39, 0.29) is 6.61 Å². The van der Waals surface area contributed by atoms with E-state index in [1.165, 1.54) is 0 Å². The Balaban J connectivity index is 0.00000127. The van der Waals surface area contributed by atoms with E-state index < -0.39 is 11.9 Å². The van der Waals surface area contributed by atoms with Crippen LogP contribution in [-0.4, -0.2) is 62.2 Å². The lowest BCUT2D eigenvalue weighted by molar-refractivity contribution is -0.146. The number of nitrogens with zero attached hydrogens (tertiary/aromatic N) is 2. The van der Waals surface area contributed by atoms with Gasteiger partial charge in [-0.25, -0.2) is 5.90 Å². The molecule has 1 atom stereocenters. The molecular formula is C16H25N3O4. The lowest BCUT2D eigenvalue weighted by atomic mass is 10.0. The summed E-state index contributed by atoms with van der Waals surface area (Å²) in [5, 5.41) is 6.50. The summed E-state index contributed by atoms with van der Waals surface area (Å²) in [4.78, 5) is 27.5. The molecule has 3 N–H and O–H groups in total. The van der Waals surface area contributed by atoms with Crippen LogP contribution in [0.4, 0.5) is 5.69 Å². The molecule has 1 aliphatic heterocycles. The molecule has 1 aromatic rings. The number of rotatable bonds is 5. The van der Waals surface area contributed by atoms with Gasteiger partial charge in [-0.3, -0.25) is 4.79 Å². The average Bonchev–Trinajstić information content (AvgIpc) is 2.59. The van der Waals surface area contributed by atoms with Gasteiger partial charge in [0.2, 0.25) is 0 Å². The summed E-state index contributed by atoms with van der Waals surface area (Å²) >= 11 is 0. The van der Waals surface area contributed by atoms with Crippen molar-refractivity contribution in [1.29, 1.82) is 0 Å². The molecule has 23 heavy (non-hydrogen) atoms. The van der Waals surface area contributed by atoms with Gasteiger partial charge in [0.15, 0.2) is 0 Å². The largest absolute Gasteiger partial charge is 0.465 e. The second kappa shape index (κ2) is 9.94. The summed E-state index contributed by atoms with van der Waals surface area (Å²) in [6.07, 6.45) is 0.642. The molecule has 1 fully saturated rings. The smallest absolute Gasteiger partial charge is 0.320 e. The van der Waals surface area contributed by atoms with Crippen molar-refractivity contribution in [2.45, 2.75) is 12.8 Å². The van der Waals surface area contributed by atoms with Gasteiger partial charge in [0.1, 0.15) is 12.2 Å². The quantitative estimate of drug-likeness (QED) is 0.355. The van der Waals surface area contributed by atoms with Gasteiger partial charge in [-0.1, -0.05) is 12.1 Å². The molecule has 0 aromatic heterocycles. The van der Waals surface area contributed by atoms with Crippen molar-refractivity contribution < 1.29 is 19.5 Å². The number of aldehydes is 1. The van der Waals surface area contributed by atoms with Gasteiger partial charge < -0.3 is 24.5 Å². The number of carbonyl (C=O) groups excluding carboxylic acids is 2. The average molecular weight is 323 g/mol. The Morgan fingerprint density at radius 2 is 1.83 bits per heavy atom. The van der Waals surface area contributed by atoms with Crippen LogP contribution in [-0.2, 0) is 14.3 Å². The molecule has 1 heterocycles. The van der Waals surface area contributed by atoms with Crippen molar-refractivity contribution in [3.8, 4) is 0 Å². The summed E-state index contributed by atoms with van der Waals surface area (Å²) in [7, 11) is 2.12. The van der Waals surface area contributed by atoms with Crippen molar-refractivity contribution in [3.05, 3.63) is 29.8 Å². The molecule has 7 heteroatoms. The van der Waals surface area contributed by atoms with Crippen molar-refractivity contribution in [2.24, 2.45) is 5.90 Å². The summed E-state index contributed by atoms with van der Waals surface area (Å²) in [6, 6.07) is 7.61. The van der Waals surface area contributed by atoms with Crippen LogP contribution in [0.2, 0.25) is 0 Å². The molecule has 128 valence electrons. The molecular weight excluding hydrogens is 298 g/mol. The molecule has 1 aromatic carbocycles. The van der Waals surface area contributed by atoms with Crippen LogP contribution in [0.25, 0.3) is 0 Å². The maximum Gasteiger partial charge on any atom is 0.320 e. The Labute approximate surface area is 136 Å². The topological polar surface area (TPSA) is 96.1 Å². The maximum absolute atomic E-state index is 11.7. The van der Waals surface area contributed by atoms with Crippen LogP contribution in [0.5, 0.6) is 0 Å². The van der Waals surface area contributed by atoms with Gasteiger partial charge in [-0.05, 0) is 31.7 Å². The van der Waals surface area contributed by atoms with Crippen LogP contribution in [0.3, 0.4) is 0 Å². The molecule has 7 nitrogen and oxygen atoms in total. The number of hydrogen-bond acceptors (Lipinski definition) is 7. The van der Waals surface area contributed by atoms with E-state index in [1.54, 1.807) is 6.92 Å². The molecule has 1 saturated heterocycles. The summed E-state index contributed by atoms with van der Waals surface area (Å²) in [5.41, 5.74) is 1.81. The molecule has 2 rings (SSSR count). The third-order valence-corrected chi connectivity index (χ3v) is 3.80. The van der Waals surface area contributed by atoms with Gasteiger partial charge in [-0.2, -0.15) is 0 Å². The first kappa shape index (κ1) is 19.1. The fourth-order valence-electron chi connectivity index (χ4n) is 2.46. The van der Waals surface area contributed by atoms with Crippen LogP contribution in [0.1, 0.15) is 18.4 Å². The number of anilines is 1. The lowest BCUT2D eigenvalue weighted by Gasteiger charge is -2.34. The zero-order chi connectivity index (χ0) is 17.2. The SMILES string of the molecule is CCOC(=O)C(C=O)c1ccc(N2CCN(C)CC2)cc1.NO. The maximum atomic E-state index is 11.7. The Bertz CT molecular complexity index is 485. The van der Waals surface area contributed by atoms with E-state index in [0.29, 0.717) is 11.8 Å². The minimum Gasteiger partial charge on any atom is -0.465 e. The predicted octanol–water partition coefficient (Wildman–Crippen LogP) is 0.618. The highest BCUT2D eigenvalue weighted by molar-refractivity contribution is 5.94. The number of nitrogens with two attached hydrogens (primary N) is 1. The van der Waals surface area contributed by atoms with Crippen LogP contribution in [0.15, 0.2) is 24.3 Å². The zero-order valence-corrected chi connectivity index (χ0v) is 13.6. The van der Waals surface area contributed by atoms with Crippen LogP contribution >= 0.6 is 0 Å². The standard InChI is InChI=1S/C16H22N2O3.H3NO/c1-3-21-16(20)15(12-19)13-4-6-14(7-5-13)18-10-8-17(2)9-11-18;1-2/h4-7,12,15H,3,8-11H2,1-2H3;2H,1H2. The van der Waals surface area contributed by atoms with E-state index in [9.17, 15) is 9.59 Å². The number of carbonyl (C=O) groups is 2. The van der Waals surface area contributed by atoms with Crippen molar-refractivity contribution >= 4 is 17.9 Å². The van der Waals surface area contributed by atoms with Crippen molar-refractivity contribution in [3.63, 3.8) is 0 Å². The van der Waals surface area contributed by atoms with E-state index in [2.05, 4.69) is 22.7 Å². The second-order valence-electron chi connectivity index (χ2n) is 5.25. The number of piperazine rings is 1. The molecule has 0 radical (unpaired) electrons. The van der Waals surface area contributed by atoms with E-state index >= 15 is 0 Å². The van der Waals surface area contributed by atoms with Gasteiger partial charge in [0.25, 0.3) is 0 Å². The first-order valence-corrected chi connectivity index (χ1v) is 7.57. The fourth-order valence-corrected chi connectivity index (χ4v) is 2.46. The molecule has 0 aliphatic carbocycles. The van der Waals surface area contributed by atoms with E-state index in [0.717, 1.165) is 31.9 Å². The van der Waals surface area contributed by atoms with Crippen LogP contribution < -0.4 is 10.8 Å². The van der Waals surface area contributed by atoms with Gasteiger partial charge in [0, 0.05) is 31.9 Å². The number of likely N-dealkylation sites (N-methyl/N-ethyl adjacent to an activating group) is 1. The number of benzene rings is 1. The summed E-state index contributed by atoms with van der Waals surface area (Å²) in [6.45, 7) is 6.08. The lowest BCUT2D eigenvalue weighted by Crippen LogP contribution is -2.44. The third-order valence-electron chi connectivity index (χ3n) is 3.80. The number of ether oxygens (including phenoxy) is 1. The summed E-state index contributed by atoms with van der Waals surface area (Å²) < 4.78 is 4.92. The highest BCUT2D eigenvalue weighted by atomic mass is 16.5. The minimum absolute atomic E-state index is 0.280. The number of esters is 1. The fraction of sp³-hybridized carbons (Fsp3) is 0.500. The Morgan fingerprint density at radius 3 is 2.30 bits per heavy atom. The highest BCUT2D eigenvalue weighted by Crippen LogP contribution is 2.21. The molecule has 0 amide bonds. The molecule has 0 spiro atoms. The molecule has 0 saturated carbocycles. The third kappa shape index (κ3) is 5.31. The number of hydrogen-bond donors (Lipinski definition) is 2. The first-order chi connectivity index (χ1) is 11.2. The zero-order valence-electron chi connectivity index (χ0n) is 13.6. The monoisotopic (exact) mass is 323 g/mol. The van der Waals surface area contributed by atoms with Crippen LogP contribution in [0, 0.1) is 0 Å². The Hall–Kier alpha value is -1.96. The molecule has 1 unspecified atom stereocenters. The Kier molecular flexibility index (Phi) is 8.25. The normalized spacial score (nSPS) is 16.1. The molecule has 1 aliphatic rings. The Morgan fingerprint density at radius 1 is 1.26 bits per heavy atom. The van der Waals surface area contributed by atoms with Crippen molar-refractivity contribution in [1.82, 2.24) is 4.90 Å². The van der Waals surface area contributed by atoms with E-state index in [1.807, 2.05) is 24.3 Å². The first-order valence-electron chi connectivity index (χ1n) is 7.57. The predicted molar refractivity (Wildman–Crippen MR) is 87.6 cm³/mol. The second-order valence-corrected chi connectivity index (χ2v) is 5.25. The van der Waals surface area contributed by atoms with E-state index in [4.69, 9.17) is 9.94 Å². The highest BCUT2D eigenvalue weighted by Gasteiger charge is 2.21. The summed E-state index contributed by atoms with van der Waals surface area (Å²) in [5.74, 6) is 2.19. The minimum atomic E-state index is -0.827. The van der Waals surface area contributed by atoms with Gasteiger partial charge in [-0.15, -0.1) is 0 Å². The molecule has 0 bridgehead atoms.